The zero-order valence-corrected chi connectivity index (χ0v) is 43.1. The van der Waals surface area contributed by atoms with E-state index in [0.29, 0.717) is 32.1 Å². The van der Waals surface area contributed by atoms with E-state index in [1.54, 1.807) is 13.8 Å². The molecule has 2 aliphatic rings. The Kier molecular flexibility index (Phi) is 27.1. The van der Waals surface area contributed by atoms with E-state index in [1.165, 1.54) is 9.80 Å². The first-order valence-corrected chi connectivity index (χ1v) is 25.3. The summed E-state index contributed by atoms with van der Waals surface area (Å²) in [6.45, 7) is 7.79. The van der Waals surface area contributed by atoms with Crippen molar-refractivity contribution in [3.8, 4) is 0 Å². The van der Waals surface area contributed by atoms with Crippen LogP contribution in [0.1, 0.15) is 130 Å². The van der Waals surface area contributed by atoms with E-state index in [1.807, 2.05) is 13.8 Å². The van der Waals surface area contributed by atoms with E-state index in [9.17, 15) is 77.6 Å². The zero-order chi connectivity index (χ0) is 56.7. The van der Waals surface area contributed by atoms with Gasteiger partial charge in [0.1, 0.15) is 48.3 Å². The predicted octanol–water partition coefficient (Wildman–Crippen LogP) is -3.62. The highest BCUT2D eigenvalue weighted by atomic mass is 16.4. The van der Waals surface area contributed by atoms with E-state index in [4.69, 9.17) is 22.9 Å². The van der Waals surface area contributed by atoms with Crippen LogP contribution in [-0.2, 0) is 62.3 Å². The molecule has 0 saturated carbocycles. The lowest BCUT2D eigenvalue weighted by molar-refractivity contribution is -0.148. The van der Waals surface area contributed by atoms with Crippen LogP contribution < -0.4 is 54.8 Å². The highest BCUT2D eigenvalue weighted by Gasteiger charge is 2.45. The maximum Gasteiger partial charge on any atom is 0.326 e. The lowest BCUT2D eigenvalue weighted by atomic mass is 9.99. The van der Waals surface area contributed by atoms with Crippen molar-refractivity contribution in [1.82, 2.24) is 41.7 Å². The highest BCUT2D eigenvalue weighted by molar-refractivity contribution is 5.99. The summed E-state index contributed by atoms with van der Waals surface area (Å²) in [4.78, 5) is 172. The molecule has 2 fully saturated rings. The van der Waals surface area contributed by atoms with Gasteiger partial charge in [-0.05, 0) is 95.4 Å². The molecule has 2 heterocycles. The van der Waals surface area contributed by atoms with Gasteiger partial charge in [-0.2, -0.15) is 0 Å². The fraction of sp³-hybridized carbons (Fsp3) is 0.723. The van der Waals surface area contributed by atoms with E-state index >= 15 is 0 Å². The number of carbonyl (C=O) groups is 13. The molecule has 10 amide bonds. The number of hydrogen-bond donors (Lipinski definition) is 13. The predicted molar refractivity (Wildman–Crippen MR) is 264 cm³/mol. The second-order valence-corrected chi connectivity index (χ2v) is 19.6. The molecule has 0 aromatic rings. The van der Waals surface area contributed by atoms with Crippen molar-refractivity contribution in [2.75, 3.05) is 19.6 Å². The molecule has 0 unspecified atom stereocenters. The number of nitrogens with zero attached hydrogens (tertiary/aromatic N) is 2. The van der Waals surface area contributed by atoms with Gasteiger partial charge in [0, 0.05) is 38.8 Å². The molecule has 0 aromatic carbocycles. The molecule has 28 nitrogen and oxygen atoms in total. The van der Waals surface area contributed by atoms with Gasteiger partial charge in [-0.1, -0.05) is 27.7 Å². The molecule has 17 N–H and O–H groups in total. The quantitative estimate of drug-likeness (QED) is 0.0277. The summed E-state index contributed by atoms with van der Waals surface area (Å²) in [7, 11) is 0. The van der Waals surface area contributed by atoms with Gasteiger partial charge >= 0.3 is 17.9 Å². The Bertz CT molecular complexity index is 2070. The number of carboxylic acids is 3. The lowest BCUT2D eigenvalue weighted by Crippen LogP contribution is -2.60. The van der Waals surface area contributed by atoms with E-state index in [0.717, 1.165) is 0 Å². The first kappa shape index (κ1) is 64.1. The normalized spacial score (nSPS) is 18.1. The van der Waals surface area contributed by atoms with Gasteiger partial charge in [0.05, 0.1) is 6.04 Å². The molecular formula is C47H78N12O16. The summed E-state index contributed by atoms with van der Waals surface area (Å²) in [5.74, 6) is -13.4. The number of carboxylic acid groups (broad SMARTS) is 3. The molecule has 0 radical (unpaired) electrons. The number of aliphatic carboxylic acids is 3. The van der Waals surface area contributed by atoms with Crippen molar-refractivity contribution in [3.63, 3.8) is 0 Å². The molecule has 0 aliphatic carbocycles. The van der Waals surface area contributed by atoms with Crippen LogP contribution in [0.5, 0.6) is 0 Å². The third-order valence-electron chi connectivity index (χ3n) is 12.7. The summed E-state index contributed by atoms with van der Waals surface area (Å²) in [5, 5.41) is 43.1. The average Bonchev–Trinajstić information content (AvgIpc) is 4.03. The summed E-state index contributed by atoms with van der Waals surface area (Å²) < 4.78 is 0. The highest BCUT2D eigenvalue weighted by Crippen LogP contribution is 2.27. The monoisotopic (exact) mass is 1070 g/mol. The van der Waals surface area contributed by atoms with Gasteiger partial charge in [-0.15, -0.1) is 0 Å². The van der Waals surface area contributed by atoms with Crippen molar-refractivity contribution >= 4 is 77.0 Å². The minimum atomic E-state index is -1.82. The number of rotatable bonds is 34. The summed E-state index contributed by atoms with van der Waals surface area (Å²) >= 11 is 0. The summed E-state index contributed by atoms with van der Waals surface area (Å²) in [6.07, 6.45) is -2.51. The molecular weight excluding hydrogens is 989 g/mol. The molecule has 9 atom stereocenters. The van der Waals surface area contributed by atoms with Crippen molar-refractivity contribution in [2.24, 2.45) is 34.8 Å². The summed E-state index contributed by atoms with van der Waals surface area (Å²) in [6, 6.07) is -12.4. The Morgan fingerprint density at radius 2 is 0.960 bits per heavy atom. The maximum atomic E-state index is 14.3. The van der Waals surface area contributed by atoms with Crippen LogP contribution in [0.2, 0.25) is 0 Å². The van der Waals surface area contributed by atoms with E-state index in [-0.39, 0.29) is 50.7 Å². The second-order valence-electron chi connectivity index (χ2n) is 19.6. The van der Waals surface area contributed by atoms with Gasteiger partial charge in [-0.3, -0.25) is 57.5 Å². The van der Waals surface area contributed by atoms with Gasteiger partial charge in [0.15, 0.2) is 0 Å². The first-order chi connectivity index (χ1) is 35.2. The molecule has 2 saturated heterocycles. The van der Waals surface area contributed by atoms with E-state index < -0.39 is 183 Å². The average molecular weight is 1070 g/mol. The third kappa shape index (κ3) is 21.8. The van der Waals surface area contributed by atoms with Crippen molar-refractivity contribution in [1.29, 1.82) is 0 Å². The molecule has 0 aromatic heterocycles. The minimum Gasteiger partial charge on any atom is -0.481 e. The molecule has 28 heteroatoms. The Balaban J connectivity index is 2.39. The molecule has 2 rings (SSSR count). The number of amides is 10. The van der Waals surface area contributed by atoms with Crippen molar-refractivity contribution in [3.05, 3.63) is 0 Å². The van der Waals surface area contributed by atoms with Gasteiger partial charge in [-0.25, -0.2) is 4.79 Å². The fourth-order valence-electron chi connectivity index (χ4n) is 8.64. The second kappa shape index (κ2) is 31.7. The molecule has 2 aliphatic heterocycles. The largest absolute Gasteiger partial charge is 0.481 e. The van der Waals surface area contributed by atoms with Crippen LogP contribution in [0.15, 0.2) is 0 Å². The number of nitrogens with one attached hydrogen (secondary N) is 6. The van der Waals surface area contributed by atoms with E-state index in [2.05, 4.69) is 31.9 Å². The number of nitrogens with two attached hydrogens (primary N) is 4. The first-order valence-electron chi connectivity index (χ1n) is 25.3. The number of primary amides is 2. The fourth-order valence-corrected chi connectivity index (χ4v) is 8.64. The Morgan fingerprint density at radius 1 is 0.533 bits per heavy atom. The number of carbonyl (C=O) groups excluding carboxylic acids is 10. The smallest absolute Gasteiger partial charge is 0.326 e. The van der Waals surface area contributed by atoms with Crippen LogP contribution in [0, 0.1) is 11.8 Å². The molecule has 422 valence electrons. The lowest BCUT2D eigenvalue weighted by Gasteiger charge is -2.34. The van der Waals surface area contributed by atoms with Gasteiger partial charge in [0.2, 0.25) is 59.1 Å². The SMILES string of the molecule is CC(C)C[C@H](N)C(=O)N[C@H](C(=O)N1CCC[C@H]1C(=O)N1CCC[C@H]1C(=O)N[C@@H](CCC(N)=O)C(=O)N[C@@H](CCC(=O)O)C(=O)N[C@@H](CCC(=O)O)C(=O)N[C@@H](CCC(N)=O)C(=O)N[C@@H](CCCCN)C(=O)O)C(C)C. The Hall–Kier alpha value is -6.97. The maximum absolute atomic E-state index is 14.3. The molecule has 0 spiro atoms. The van der Waals surface area contributed by atoms with Crippen LogP contribution in [0.3, 0.4) is 0 Å². The van der Waals surface area contributed by atoms with Crippen LogP contribution in [0.4, 0.5) is 0 Å². The standard InChI is InChI=1S/C47H78N12O16/c1-24(2)23-26(49)39(66)57-38(25(3)4)46(73)59-22-8-11-33(59)45(72)58-21-7-10-32(58)44(71)55-28(13-17-35(51)61)40(67)53-30(15-19-37(64)65)42(69)54-29(14-18-36(62)63)41(68)52-27(12-16-34(50)60)43(70)56-31(47(74)75)9-5-6-20-48/h24-33,38H,5-23,48-49H2,1-4H3,(H2,50,60)(H2,51,61)(H,52,68)(H,53,67)(H,54,69)(H,55,71)(H,56,70)(H,57,66)(H,62,63)(H,64,65)(H,74,75)/t26-,27-,28-,29-,30-,31-,32-,33-,38-/m0/s1. The third-order valence-corrected chi connectivity index (χ3v) is 12.7. The number of hydrogen-bond acceptors (Lipinski definition) is 15. The Labute approximate surface area is 434 Å². The van der Waals surface area contributed by atoms with Crippen molar-refractivity contribution in [2.45, 2.75) is 185 Å². The Morgan fingerprint density at radius 3 is 1.37 bits per heavy atom. The van der Waals surface area contributed by atoms with Crippen molar-refractivity contribution < 1.29 is 77.6 Å². The number of likely N-dealkylation sites (tertiary alicyclic amines) is 2. The topological polar surface area (TPSA) is 465 Å². The minimum absolute atomic E-state index is 0.0533. The van der Waals surface area contributed by atoms with Gasteiger partial charge in [0.25, 0.3) is 0 Å². The van der Waals surface area contributed by atoms with Crippen LogP contribution in [0.25, 0.3) is 0 Å². The zero-order valence-electron chi connectivity index (χ0n) is 43.1. The molecule has 75 heavy (non-hydrogen) atoms. The molecule has 0 bridgehead atoms. The van der Waals surface area contributed by atoms with Crippen LogP contribution >= 0.6 is 0 Å². The van der Waals surface area contributed by atoms with Crippen LogP contribution in [-0.4, -0.2) is 176 Å². The van der Waals surface area contributed by atoms with Gasteiger partial charge < -0.3 is 80.0 Å². The number of unbranched alkanes of at least 4 members (excludes halogenated alkanes) is 1. The summed E-state index contributed by atoms with van der Waals surface area (Å²) in [5.41, 5.74) is 22.2.